The molecule has 0 amide bonds. The van der Waals surface area contributed by atoms with Gasteiger partial charge in [0.05, 0.1) is 5.92 Å². The van der Waals surface area contributed by atoms with Crippen molar-refractivity contribution in [3.63, 3.8) is 0 Å². The zero-order chi connectivity index (χ0) is 7.98. The Bertz CT molecular complexity index is 99.2. The minimum Gasteiger partial charge on any atom is -0.481 e. The summed E-state index contributed by atoms with van der Waals surface area (Å²) in [5.41, 5.74) is 0. The summed E-state index contributed by atoms with van der Waals surface area (Å²) in [5, 5.41) is 17.0. The molecule has 0 bridgehead atoms. The van der Waals surface area contributed by atoms with Gasteiger partial charge in [0, 0.05) is 12.4 Å². The molecule has 0 rings (SSSR count). The quantitative estimate of drug-likeness (QED) is 0.618. The van der Waals surface area contributed by atoms with E-state index < -0.39 is 5.97 Å². The Hall–Kier alpha value is -0.220. The van der Waals surface area contributed by atoms with Crippen molar-refractivity contribution in [3.8, 4) is 0 Å². The highest BCUT2D eigenvalue weighted by Crippen LogP contribution is 2.09. The van der Waals surface area contributed by atoms with Crippen molar-refractivity contribution >= 4 is 17.7 Å². The Morgan fingerprint density at radius 1 is 1.70 bits per heavy atom. The van der Waals surface area contributed by atoms with Crippen LogP contribution in [0.5, 0.6) is 0 Å². The average molecular weight is 164 g/mol. The SMILES string of the molecule is CSCC(CCO)C(=O)O. The highest BCUT2D eigenvalue weighted by molar-refractivity contribution is 7.98. The molecule has 0 saturated carbocycles. The molecule has 4 heteroatoms. The van der Waals surface area contributed by atoms with E-state index in [0.29, 0.717) is 12.2 Å². The first-order chi connectivity index (χ1) is 4.72. The van der Waals surface area contributed by atoms with Gasteiger partial charge in [-0.2, -0.15) is 11.8 Å². The molecule has 2 N–H and O–H groups in total. The fourth-order valence-corrected chi connectivity index (χ4v) is 1.35. The summed E-state index contributed by atoms with van der Waals surface area (Å²) >= 11 is 1.49. The van der Waals surface area contributed by atoms with Crippen molar-refractivity contribution in [3.05, 3.63) is 0 Å². The number of rotatable bonds is 5. The van der Waals surface area contributed by atoms with Gasteiger partial charge in [0.25, 0.3) is 0 Å². The van der Waals surface area contributed by atoms with Crippen LogP contribution in [0.25, 0.3) is 0 Å². The second-order valence-electron chi connectivity index (χ2n) is 2.00. The summed E-state index contributed by atoms with van der Waals surface area (Å²) in [6.07, 6.45) is 2.21. The van der Waals surface area contributed by atoms with E-state index >= 15 is 0 Å². The van der Waals surface area contributed by atoms with E-state index in [9.17, 15) is 4.79 Å². The minimum absolute atomic E-state index is 0.0441. The van der Waals surface area contributed by atoms with Crippen LogP contribution in [0.4, 0.5) is 0 Å². The summed E-state index contributed by atoms with van der Waals surface area (Å²) in [6, 6.07) is 0. The number of hydrogen-bond donors (Lipinski definition) is 2. The largest absolute Gasteiger partial charge is 0.481 e. The van der Waals surface area contributed by atoms with Crippen molar-refractivity contribution in [2.45, 2.75) is 6.42 Å². The van der Waals surface area contributed by atoms with E-state index in [1.165, 1.54) is 11.8 Å². The molecule has 0 aliphatic rings. The van der Waals surface area contributed by atoms with Crippen LogP contribution < -0.4 is 0 Å². The third-order valence-corrected chi connectivity index (χ3v) is 1.93. The lowest BCUT2D eigenvalue weighted by Gasteiger charge is -2.07. The number of carboxylic acid groups (broad SMARTS) is 1. The lowest BCUT2D eigenvalue weighted by atomic mass is 10.1. The van der Waals surface area contributed by atoms with Crippen molar-refractivity contribution in [2.75, 3.05) is 18.6 Å². The highest BCUT2D eigenvalue weighted by Gasteiger charge is 2.14. The van der Waals surface area contributed by atoms with E-state index in [4.69, 9.17) is 10.2 Å². The first-order valence-corrected chi connectivity index (χ1v) is 4.44. The van der Waals surface area contributed by atoms with Gasteiger partial charge < -0.3 is 10.2 Å². The van der Waals surface area contributed by atoms with Crippen LogP contribution in [0, 0.1) is 5.92 Å². The number of thioether (sulfide) groups is 1. The molecule has 60 valence electrons. The van der Waals surface area contributed by atoms with E-state index in [-0.39, 0.29) is 12.5 Å². The number of aliphatic hydroxyl groups is 1. The number of carbonyl (C=O) groups is 1. The van der Waals surface area contributed by atoms with Gasteiger partial charge in [-0.25, -0.2) is 0 Å². The average Bonchev–Trinajstić information content (AvgIpc) is 1.87. The molecule has 0 fully saturated rings. The van der Waals surface area contributed by atoms with Crippen LogP contribution >= 0.6 is 11.8 Å². The highest BCUT2D eigenvalue weighted by atomic mass is 32.2. The van der Waals surface area contributed by atoms with Gasteiger partial charge in [0.1, 0.15) is 0 Å². The van der Waals surface area contributed by atoms with Gasteiger partial charge >= 0.3 is 5.97 Å². The smallest absolute Gasteiger partial charge is 0.307 e. The number of hydrogen-bond acceptors (Lipinski definition) is 3. The van der Waals surface area contributed by atoms with Crippen LogP contribution in [-0.4, -0.2) is 34.8 Å². The molecule has 0 spiro atoms. The van der Waals surface area contributed by atoms with Crippen molar-refractivity contribution < 1.29 is 15.0 Å². The van der Waals surface area contributed by atoms with Gasteiger partial charge in [-0.15, -0.1) is 0 Å². The molecule has 1 atom stereocenters. The molecule has 0 aromatic heterocycles. The number of aliphatic hydroxyl groups excluding tert-OH is 1. The van der Waals surface area contributed by atoms with Crippen LogP contribution in [0.3, 0.4) is 0 Å². The predicted molar refractivity (Wildman–Crippen MR) is 41.2 cm³/mol. The Balaban J connectivity index is 3.61. The Morgan fingerprint density at radius 2 is 2.30 bits per heavy atom. The van der Waals surface area contributed by atoms with Gasteiger partial charge in [-0.05, 0) is 12.7 Å². The minimum atomic E-state index is -0.816. The molecular formula is C6H12O3S. The third kappa shape index (κ3) is 3.74. The molecule has 10 heavy (non-hydrogen) atoms. The summed E-state index contributed by atoms with van der Waals surface area (Å²) in [7, 11) is 0. The van der Waals surface area contributed by atoms with Gasteiger partial charge in [-0.3, -0.25) is 4.79 Å². The fourth-order valence-electron chi connectivity index (χ4n) is 0.635. The van der Waals surface area contributed by atoms with Gasteiger partial charge in [-0.1, -0.05) is 0 Å². The molecule has 0 aromatic rings. The maximum Gasteiger partial charge on any atom is 0.307 e. The zero-order valence-electron chi connectivity index (χ0n) is 5.91. The van der Waals surface area contributed by atoms with E-state index in [1.54, 1.807) is 0 Å². The third-order valence-electron chi connectivity index (χ3n) is 1.19. The lowest BCUT2D eigenvalue weighted by Crippen LogP contribution is -2.17. The number of carboxylic acids is 1. The standard InChI is InChI=1S/C6H12O3S/c1-10-4-5(2-3-7)6(8)9/h5,7H,2-4H2,1H3,(H,8,9). The molecule has 0 radical (unpaired) electrons. The summed E-state index contributed by atoms with van der Waals surface area (Å²) < 4.78 is 0. The molecule has 0 heterocycles. The maximum atomic E-state index is 10.4. The zero-order valence-corrected chi connectivity index (χ0v) is 6.73. The van der Waals surface area contributed by atoms with Crippen LogP contribution in [0.2, 0.25) is 0 Å². The Morgan fingerprint density at radius 3 is 2.60 bits per heavy atom. The fraction of sp³-hybridized carbons (Fsp3) is 0.833. The van der Waals surface area contributed by atoms with Gasteiger partial charge in [0.2, 0.25) is 0 Å². The predicted octanol–water partition coefficient (Wildman–Crippen LogP) is 0.433. The van der Waals surface area contributed by atoms with Crippen molar-refractivity contribution in [1.82, 2.24) is 0 Å². The summed E-state index contributed by atoms with van der Waals surface area (Å²) in [6.45, 7) is -0.0441. The Kier molecular flexibility index (Phi) is 5.43. The molecule has 0 saturated heterocycles. The molecular weight excluding hydrogens is 152 g/mol. The maximum absolute atomic E-state index is 10.4. The second-order valence-corrected chi connectivity index (χ2v) is 2.91. The van der Waals surface area contributed by atoms with Crippen LogP contribution in [0.15, 0.2) is 0 Å². The van der Waals surface area contributed by atoms with Crippen LogP contribution in [-0.2, 0) is 4.79 Å². The molecule has 0 aliphatic heterocycles. The number of aliphatic carboxylic acids is 1. The Labute approximate surface area is 64.4 Å². The van der Waals surface area contributed by atoms with E-state index in [0.717, 1.165) is 0 Å². The molecule has 0 aliphatic carbocycles. The van der Waals surface area contributed by atoms with E-state index in [1.807, 2.05) is 6.26 Å². The monoisotopic (exact) mass is 164 g/mol. The molecule has 0 aromatic carbocycles. The topological polar surface area (TPSA) is 57.5 Å². The van der Waals surface area contributed by atoms with Crippen molar-refractivity contribution in [1.29, 1.82) is 0 Å². The molecule has 1 unspecified atom stereocenters. The molecule has 3 nitrogen and oxygen atoms in total. The van der Waals surface area contributed by atoms with E-state index in [2.05, 4.69) is 0 Å². The normalized spacial score (nSPS) is 13.0. The summed E-state index contributed by atoms with van der Waals surface area (Å²) in [5.74, 6) is -0.626. The summed E-state index contributed by atoms with van der Waals surface area (Å²) in [4.78, 5) is 10.4. The first kappa shape index (κ1) is 9.78. The van der Waals surface area contributed by atoms with Gasteiger partial charge in [0.15, 0.2) is 0 Å². The van der Waals surface area contributed by atoms with Crippen molar-refractivity contribution in [2.24, 2.45) is 5.92 Å². The lowest BCUT2D eigenvalue weighted by molar-refractivity contribution is -0.141. The second kappa shape index (κ2) is 5.56. The van der Waals surface area contributed by atoms with Crippen LogP contribution in [0.1, 0.15) is 6.42 Å². The first-order valence-electron chi connectivity index (χ1n) is 3.05.